The van der Waals surface area contributed by atoms with Gasteiger partial charge >= 0.3 is 5.97 Å². The molecule has 0 radical (unpaired) electrons. The van der Waals surface area contributed by atoms with Crippen molar-refractivity contribution in [1.29, 1.82) is 0 Å². The number of carbonyl (C=O) groups is 1. The highest BCUT2D eigenvalue weighted by atomic mass is 19.1. The molecule has 1 N–H and O–H groups in total. The zero-order valence-corrected chi connectivity index (χ0v) is 12.6. The van der Waals surface area contributed by atoms with Gasteiger partial charge < -0.3 is 5.11 Å². The molecule has 116 valence electrons. The zero-order valence-electron chi connectivity index (χ0n) is 12.6. The van der Waals surface area contributed by atoms with Crippen LogP contribution in [0.5, 0.6) is 0 Å². The lowest BCUT2D eigenvalue weighted by molar-refractivity contribution is -0.143. The van der Waals surface area contributed by atoms with Crippen molar-refractivity contribution in [3.05, 3.63) is 35.6 Å². The van der Waals surface area contributed by atoms with Crippen LogP contribution < -0.4 is 0 Å². The fourth-order valence-corrected chi connectivity index (χ4v) is 3.01. The number of carboxylic acids is 1. The van der Waals surface area contributed by atoms with Crippen LogP contribution in [0.1, 0.15) is 31.9 Å². The van der Waals surface area contributed by atoms with Crippen molar-refractivity contribution < 1.29 is 14.3 Å². The second kappa shape index (κ2) is 7.00. The first-order valence-corrected chi connectivity index (χ1v) is 7.50. The van der Waals surface area contributed by atoms with Gasteiger partial charge in [-0.2, -0.15) is 0 Å². The number of carboxylic acid groups (broad SMARTS) is 1. The summed E-state index contributed by atoms with van der Waals surface area (Å²) in [6.45, 7) is 6.72. The van der Waals surface area contributed by atoms with Gasteiger partial charge in [0.2, 0.25) is 0 Å². The van der Waals surface area contributed by atoms with E-state index in [0.717, 1.165) is 25.1 Å². The van der Waals surface area contributed by atoms with Gasteiger partial charge in [0.25, 0.3) is 0 Å². The van der Waals surface area contributed by atoms with Crippen molar-refractivity contribution >= 4 is 5.97 Å². The summed E-state index contributed by atoms with van der Waals surface area (Å²) in [7, 11) is 0. The van der Waals surface area contributed by atoms with E-state index in [4.69, 9.17) is 5.11 Å². The number of nitrogens with zero attached hydrogens (tertiary/aromatic N) is 2. The molecule has 0 bridgehead atoms. The fraction of sp³-hybridized carbons (Fsp3) is 0.562. The van der Waals surface area contributed by atoms with E-state index in [-0.39, 0.29) is 11.9 Å². The molecule has 2 atom stereocenters. The summed E-state index contributed by atoms with van der Waals surface area (Å²) in [5.41, 5.74) is 0.736. The molecular formula is C16H23FN2O2. The van der Waals surface area contributed by atoms with Gasteiger partial charge in [-0.25, -0.2) is 4.39 Å². The maximum atomic E-state index is 14.0. The Morgan fingerprint density at radius 1 is 1.24 bits per heavy atom. The lowest BCUT2D eigenvalue weighted by Crippen LogP contribution is -2.52. The SMILES string of the molecule is CCC(c1ccccc1F)N1CCN(C(C)C(=O)O)CC1. The Labute approximate surface area is 125 Å². The second-order valence-corrected chi connectivity index (χ2v) is 5.53. The van der Waals surface area contributed by atoms with Gasteiger partial charge in [0.15, 0.2) is 0 Å². The summed E-state index contributed by atoms with van der Waals surface area (Å²) in [4.78, 5) is 15.3. The van der Waals surface area contributed by atoms with Crippen LogP contribution in [0, 0.1) is 5.82 Å². The molecule has 2 unspecified atom stereocenters. The predicted octanol–water partition coefficient (Wildman–Crippen LogP) is 2.37. The highest BCUT2D eigenvalue weighted by Crippen LogP contribution is 2.27. The van der Waals surface area contributed by atoms with Gasteiger partial charge in [-0.1, -0.05) is 25.1 Å². The lowest BCUT2D eigenvalue weighted by atomic mass is 10.0. The van der Waals surface area contributed by atoms with Crippen LogP contribution in [0.4, 0.5) is 4.39 Å². The average Bonchev–Trinajstić information content (AvgIpc) is 2.50. The molecule has 0 saturated carbocycles. The molecule has 4 nitrogen and oxygen atoms in total. The standard InChI is InChI=1S/C16H23FN2O2/c1-3-15(13-6-4-5-7-14(13)17)19-10-8-18(9-11-19)12(2)16(20)21/h4-7,12,15H,3,8-11H2,1-2H3,(H,20,21). The smallest absolute Gasteiger partial charge is 0.320 e. The first-order chi connectivity index (χ1) is 10.0. The van der Waals surface area contributed by atoms with E-state index in [1.54, 1.807) is 13.0 Å². The molecule has 1 aromatic rings. The molecule has 1 aromatic carbocycles. The number of halogens is 1. The molecule has 1 saturated heterocycles. The second-order valence-electron chi connectivity index (χ2n) is 5.53. The Morgan fingerprint density at radius 3 is 2.33 bits per heavy atom. The number of aliphatic carboxylic acids is 1. The molecule has 1 fully saturated rings. The van der Waals surface area contributed by atoms with E-state index in [9.17, 15) is 9.18 Å². The molecule has 2 rings (SSSR count). The molecule has 1 heterocycles. The highest BCUT2D eigenvalue weighted by Gasteiger charge is 2.29. The van der Waals surface area contributed by atoms with Crippen molar-refractivity contribution in [3.63, 3.8) is 0 Å². The minimum Gasteiger partial charge on any atom is -0.480 e. The van der Waals surface area contributed by atoms with Crippen LogP contribution >= 0.6 is 0 Å². The third kappa shape index (κ3) is 3.60. The fourth-order valence-electron chi connectivity index (χ4n) is 3.01. The highest BCUT2D eigenvalue weighted by molar-refractivity contribution is 5.72. The Morgan fingerprint density at radius 2 is 1.81 bits per heavy atom. The predicted molar refractivity (Wildman–Crippen MR) is 79.7 cm³/mol. The van der Waals surface area contributed by atoms with Gasteiger partial charge in [-0.05, 0) is 19.4 Å². The maximum absolute atomic E-state index is 14.0. The Balaban J connectivity index is 2.03. The Hall–Kier alpha value is -1.46. The van der Waals surface area contributed by atoms with Gasteiger partial charge in [0.1, 0.15) is 11.9 Å². The van der Waals surface area contributed by atoms with Crippen LogP contribution in [0.3, 0.4) is 0 Å². The first-order valence-electron chi connectivity index (χ1n) is 7.50. The number of piperazine rings is 1. The summed E-state index contributed by atoms with van der Waals surface area (Å²) in [6, 6.07) is 6.52. The van der Waals surface area contributed by atoms with Crippen LogP contribution in [0.2, 0.25) is 0 Å². The van der Waals surface area contributed by atoms with E-state index >= 15 is 0 Å². The summed E-state index contributed by atoms with van der Waals surface area (Å²) in [6.07, 6.45) is 0.843. The van der Waals surface area contributed by atoms with Crippen molar-refractivity contribution in [1.82, 2.24) is 9.80 Å². The van der Waals surface area contributed by atoms with E-state index < -0.39 is 12.0 Å². The normalized spacial score (nSPS) is 20.1. The molecule has 21 heavy (non-hydrogen) atoms. The maximum Gasteiger partial charge on any atom is 0.320 e. The lowest BCUT2D eigenvalue weighted by Gasteiger charge is -2.40. The average molecular weight is 294 g/mol. The van der Waals surface area contributed by atoms with Crippen molar-refractivity contribution in [2.75, 3.05) is 26.2 Å². The summed E-state index contributed by atoms with van der Waals surface area (Å²) in [5.74, 6) is -0.949. The minimum absolute atomic E-state index is 0.0634. The van der Waals surface area contributed by atoms with Gasteiger partial charge in [-0.15, -0.1) is 0 Å². The Kier molecular flexibility index (Phi) is 5.31. The molecule has 0 aliphatic carbocycles. The molecule has 0 aromatic heterocycles. The van der Waals surface area contributed by atoms with Crippen LogP contribution in [-0.4, -0.2) is 53.1 Å². The van der Waals surface area contributed by atoms with Crippen LogP contribution in [0.15, 0.2) is 24.3 Å². The van der Waals surface area contributed by atoms with E-state index in [0.29, 0.717) is 13.1 Å². The van der Waals surface area contributed by atoms with E-state index in [1.807, 2.05) is 17.0 Å². The third-order valence-electron chi connectivity index (χ3n) is 4.35. The molecule has 1 aliphatic rings. The van der Waals surface area contributed by atoms with Crippen molar-refractivity contribution in [2.45, 2.75) is 32.4 Å². The monoisotopic (exact) mass is 294 g/mol. The molecule has 0 amide bonds. The quantitative estimate of drug-likeness (QED) is 0.905. The van der Waals surface area contributed by atoms with Gasteiger partial charge in [0, 0.05) is 37.8 Å². The summed E-state index contributed by atoms with van der Waals surface area (Å²) in [5, 5.41) is 9.07. The molecule has 0 spiro atoms. The number of hydrogen-bond acceptors (Lipinski definition) is 3. The van der Waals surface area contributed by atoms with Gasteiger partial charge in [0.05, 0.1) is 0 Å². The first kappa shape index (κ1) is 15.9. The number of benzene rings is 1. The Bertz CT molecular complexity index is 487. The van der Waals surface area contributed by atoms with Crippen LogP contribution in [-0.2, 0) is 4.79 Å². The molecule has 1 aliphatic heterocycles. The van der Waals surface area contributed by atoms with Crippen molar-refractivity contribution in [3.8, 4) is 0 Å². The minimum atomic E-state index is -0.787. The van der Waals surface area contributed by atoms with Crippen molar-refractivity contribution in [2.24, 2.45) is 0 Å². The number of rotatable bonds is 5. The zero-order chi connectivity index (χ0) is 15.4. The van der Waals surface area contributed by atoms with E-state index in [2.05, 4.69) is 11.8 Å². The number of hydrogen-bond donors (Lipinski definition) is 1. The van der Waals surface area contributed by atoms with E-state index in [1.165, 1.54) is 6.07 Å². The topological polar surface area (TPSA) is 43.8 Å². The summed E-state index contributed by atoms with van der Waals surface area (Å²) >= 11 is 0. The molecule has 5 heteroatoms. The largest absolute Gasteiger partial charge is 0.480 e. The van der Waals surface area contributed by atoms with Crippen LogP contribution in [0.25, 0.3) is 0 Å². The molecular weight excluding hydrogens is 271 g/mol. The summed E-state index contributed by atoms with van der Waals surface area (Å²) < 4.78 is 14.0. The van der Waals surface area contributed by atoms with Gasteiger partial charge in [-0.3, -0.25) is 14.6 Å². The third-order valence-corrected chi connectivity index (χ3v) is 4.35.